The molecule has 1 heterocycles. The number of nitrogens with one attached hydrogen (secondary N) is 1. The van der Waals surface area contributed by atoms with Crippen molar-refractivity contribution in [1.82, 2.24) is 14.7 Å². The second-order valence-electron chi connectivity index (χ2n) is 5.63. The summed E-state index contributed by atoms with van der Waals surface area (Å²) in [5, 5.41) is 13.1. The average Bonchev–Trinajstić information content (AvgIpc) is 2.91. The summed E-state index contributed by atoms with van der Waals surface area (Å²) in [4.78, 5) is 15.9. The van der Waals surface area contributed by atoms with Gasteiger partial charge >= 0.3 is 5.97 Å². The fraction of sp³-hybridized carbons (Fsp3) is 0.769. The van der Waals surface area contributed by atoms with Gasteiger partial charge in [0.15, 0.2) is 4.34 Å². The minimum atomic E-state index is -0.678. The first-order valence-corrected chi connectivity index (χ1v) is 8.87. The van der Waals surface area contributed by atoms with Crippen molar-refractivity contribution in [2.45, 2.75) is 54.4 Å². The molecule has 2 saturated carbocycles. The van der Waals surface area contributed by atoms with Crippen LogP contribution in [-0.2, 0) is 4.79 Å². The Balaban J connectivity index is 1.59. The molecule has 2 aliphatic rings. The first-order chi connectivity index (χ1) is 9.71. The van der Waals surface area contributed by atoms with Crippen molar-refractivity contribution in [3.05, 3.63) is 6.33 Å². The number of aromatic nitrogens is 2. The molecule has 1 aromatic heterocycles. The maximum Gasteiger partial charge on any atom is 0.324 e. The van der Waals surface area contributed by atoms with Gasteiger partial charge in [0.25, 0.3) is 0 Å². The monoisotopic (exact) mass is 313 g/mol. The molecule has 2 unspecified atom stereocenters. The van der Waals surface area contributed by atoms with E-state index in [0.717, 1.165) is 48.6 Å². The molecule has 3 rings (SSSR count). The van der Waals surface area contributed by atoms with Crippen LogP contribution < -0.4 is 5.32 Å². The maximum atomic E-state index is 11.8. The number of carbonyl (C=O) groups is 1. The molecule has 0 aromatic carbocycles. The van der Waals surface area contributed by atoms with Crippen LogP contribution in [0.25, 0.3) is 0 Å². The van der Waals surface area contributed by atoms with Gasteiger partial charge in [-0.2, -0.15) is 4.37 Å². The molecule has 5 nitrogen and oxygen atoms in total. The molecule has 2 atom stereocenters. The van der Waals surface area contributed by atoms with Gasteiger partial charge in [0, 0.05) is 11.8 Å². The van der Waals surface area contributed by atoms with Crippen molar-refractivity contribution in [2.24, 2.45) is 5.92 Å². The number of carboxylic acids is 1. The zero-order valence-corrected chi connectivity index (χ0v) is 12.9. The highest BCUT2D eigenvalue weighted by Gasteiger charge is 2.50. The molecule has 1 aromatic rings. The molecule has 20 heavy (non-hydrogen) atoms. The smallest absolute Gasteiger partial charge is 0.324 e. The summed E-state index contributed by atoms with van der Waals surface area (Å²) in [5.41, 5.74) is -0.678. The number of thioether (sulfide) groups is 1. The molecule has 0 radical (unpaired) electrons. The van der Waals surface area contributed by atoms with E-state index in [-0.39, 0.29) is 5.92 Å². The first-order valence-electron chi connectivity index (χ1n) is 7.11. The summed E-state index contributed by atoms with van der Waals surface area (Å²) in [6.45, 7) is 0. The third-order valence-corrected chi connectivity index (χ3v) is 6.10. The van der Waals surface area contributed by atoms with Crippen molar-refractivity contribution in [3.63, 3.8) is 0 Å². The molecule has 0 amide bonds. The van der Waals surface area contributed by atoms with E-state index >= 15 is 0 Å². The summed E-state index contributed by atoms with van der Waals surface area (Å²) < 4.78 is 4.95. The highest BCUT2D eigenvalue weighted by Crippen LogP contribution is 2.41. The van der Waals surface area contributed by atoms with E-state index in [0.29, 0.717) is 6.04 Å². The standard InChI is InChI=1S/C13H19N3O2S2/c17-11(18)13(16-10-3-4-10)6-1-2-9(13)5-7-19-12-14-8-15-20-12/h8-10,16H,1-7H2,(H,17,18). The quantitative estimate of drug-likeness (QED) is 0.753. The van der Waals surface area contributed by atoms with Crippen molar-refractivity contribution < 1.29 is 9.90 Å². The third-order valence-electron chi connectivity index (χ3n) is 4.27. The molecule has 2 fully saturated rings. The van der Waals surface area contributed by atoms with Crippen molar-refractivity contribution in [2.75, 3.05) is 5.75 Å². The van der Waals surface area contributed by atoms with Crippen molar-refractivity contribution in [3.8, 4) is 0 Å². The Bertz CT molecular complexity index is 464. The Morgan fingerprint density at radius 1 is 1.55 bits per heavy atom. The zero-order chi connectivity index (χ0) is 14.0. The SMILES string of the molecule is O=C(O)C1(NC2CC2)CCCC1CCSc1ncns1. The molecule has 0 bridgehead atoms. The lowest BCUT2D eigenvalue weighted by Crippen LogP contribution is -2.55. The van der Waals surface area contributed by atoms with E-state index in [4.69, 9.17) is 0 Å². The largest absolute Gasteiger partial charge is 0.480 e. The van der Waals surface area contributed by atoms with Gasteiger partial charge in [0.2, 0.25) is 0 Å². The normalized spacial score (nSPS) is 29.7. The molecule has 2 aliphatic carbocycles. The Kier molecular flexibility index (Phi) is 4.28. The average molecular weight is 313 g/mol. The number of hydrogen-bond donors (Lipinski definition) is 2. The highest BCUT2D eigenvalue weighted by molar-refractivity contribution is 8.00. The zero-order valence-electron chi connectivity index (χ0n) is 11.2. The van der Waals surface area contributed by atoms with Crippen LogP contribution in [0, 0.1) is 5.92 Å². The van der Waals surface area contributed by atoms with Crippen LogP contribution in [-0.4, -0.2) is 37.8 Å². The maximum absolute atomic E-state index is 11.8. The molecule has 0 saturated heterocycles. The summed E-state index contributed by atoms with van der Waals surface area (Å²) in [5.74, 6) is 0.496. The van der Waals surface area contributed by atoms with Gasteiger partial charge in [-0.05, 0) is 49.6 Å². The second kappa shape index (κ2) is 5.99. The number of carboxylic acid groups (broad SMARTS) is 1. The van der Waals surface area contributed by atoms with E-state index in [1.165, 1.54) is 11.5 Å². The van der Waals surface area contributed by atoms with Gasteiger partial charge in [0.05, 0.1) is 0 Å². The molecule has 0 spiro atoms. The Morgan fingerprint density at radius 2 is 2.40 bits per heavy atom. The summed E-state index contributed by atoms with van der Waals surface area (Å²) in [6, 6.07) is 0.433. The number of rotatable bonds is 7. The predicted octanol–water partition coefficient (Wildman–Crippen LogP) is 2.40. The van der Waals surface area contributed by atoms with Gasteiger partial charge in [0.1, 0.15) is 11.9 Å². The van der Waals surface area contributed by atoms with Gasteiger partial charge in [-0.15, -0.1) is 0 Å². The van der Waals surface area contributed by atoms with E-state index in [1.807, 2.05) is 0 Å². The van der Waals surface area contributed by atoms with Crippen LogP contribution in [0.4, 0.5) is 0 Å². The van der Waals surface area contributed by atoms with Crippen LogP contribution in [0.1, 0.15) is 38.5 Å². The lowest BCUT2D eigenvalue weighted by Gasteiger charge is -2.32. The number of hydrogen-bond acceptors (Lipinski definition) is 6. The van der Waals surface area contributed by atoms with E-state index in [2.05, 4.69) is 14.7 Å². The fourth-order valence-electron chi connectivity index (χ4n) is 3.11. The summed E-state index contributed by atoms with van der Waals surface area (Å²) >= 11 is 3.09. The molecule has 0 aliphatic heterocycles. The van der Waals surface area contributed by atoms with Gasteiger partial charge in [-0.3, -0.25) is 10.1 Å². The van der Waals surface area contributed by atoms with E-state index < -0.39 is 11.5 Å². The highest BCUT2D eigenvalue weighted by atomic mass is 32.2. The van der Waals surface area contributed by atoms with Crippen molar-refractivity contribution >= 4 is 29.3 Å². The lowest BCUT2D eigenvalue weighted by atomic mass is 9.85. The number of nitrogens with zero attached hydrogens (tertiary/aromatic N) is 2. The van der Waals surface area contributed by atoms with Crippen LogP contribution in [0.2, 0.25) is 0 Å². The van der Waals surface area contributed by atoms with Crippen LogP contribution in [0.15, 0.2) is 10.7 Å². The Hall–Kier alpha value is -0.660. The molecular weight excluding hydrogens is 294 g/mol. The van der Waals surface area contributed by atoms with Crippen LogP contribution in [0.5, 0.6) is 0 Å². The Labute approximate surface area is 126 Å². The summed E-state index contributed by atoms with van der Waals surface area (Å²) in [6.07, 6.45) is 7.55. The first kappa shape index (κ1) is 14.3. The molecule has 110 valence electrons. The van der Waals surface area contributed by atoms with Crippen LogP contribution in [0.3, 0.4) is 0 Å². The molecule has 2 N–H and O–H groups in total. The van der Waals surface area contributed by atoms with Gasteiger partial charge < -0.3 is 5.11 Å². The minimum Gasteiger partial charge on any atom is -0.480 e. The minimum absolute atomic E-state index is 0.237. The molecular formula is C13H19N3O2S2. The fourth-order valence-corrected chi connectivity index (χ4v) is 4.68. The Morgan fingerprint density at radius 3 is 3.05 bits per heavy atom. The summed E-state index contributed by atoms with van der Waals surface area (Å²) in [7, 11) is 0. The third kappa shape index (κ3) is 2.99. The van der Waals surface area contributed by atoms with Crippen LogP contribution >= 0.6 is 23.3 Å². The van der Waals surface area contributed by atoms with Gasteiger partial charge in [-0.1, -0.05) is 18.2 Å². The number of aliphatic carboxylic acids is 1. The molecule has 7 heteroatoms. The predicted molar refractivity (Wildman–Crippen MR) is 79.1 cm³/mol. The van der Waals surface area contributed by atoms with E-state index in [9.17, 15) is 9.90 Å². The topological polar surface area (TPSA) is 75.1 Å². The van der Waals surface area contributed by atoms with Crippen molar-refractivity contribution in [1.29, 1.82) is 0 Å². The van der Waals surface area contributed by atoms with E-state index in [1.54, 1.807) is 18.1 Å². The second-order valence-corrected chi connectivity index (χ2v) is 7.75. The van der Waals surface area contributed by atoms with Gasteiger partial charge in [-0.25, -0.2) is 4.98 Å². The lowest BCUT2D eigenvalue weighted by molar-refractivity contribution is -0.146.